The van der Waals surface area contributed by atoms with Crippen LogP contribution in [0.15, 0.2) is 0 Å². The summed E-state index contributed by atoms with van der Waals surface area (Å²) in [5.41, 5.74) is 7.74. The highest BCUT2D eigenvalue weighted by Gasteiger charge is 2.43. The first-order valence-corrected chi connectivity index (χ1v) is 11.3. The fourth-order valence-electron chi connectivity index (χ4n) is 4.73. The number of carbonyl (C=O) groups excluding carboxylic acids is 2. The van der Waals surface area contributed by atoms with E-state index in [0.717, 1.165) is 24.8 Å². The number of nitrogens with zero attached hydrogens (tertiary/aromatic N) is 4. The Hall–Kier alpha value is -2.15. The predicted octanol–water partition coefficient (Wildman–Crippen LogP) is 1.36. The molecular weight excluding hydrogens is 400 g/mol. The van der Waals surface area contributed by atoms with Crippen molar-refractivity contribution in [3.8, 4) is 6.07 Å². The van der Waals surface area contributed by atoms with Crippen LogP contribution < -0.4 is 11.1 Å². The van der Waals surface area contributed by atoms with Gasteiger partial charge in [-0.05, 0) is 58.8 Å². The third-order valence-electron chi connectivity index (χ3n) is 6.26. The van der Waals surface area contributed by atoms with E-state index in [9.17, 15) is 14.9 Å². The van der Waals surface area contributed by atoms with Crippen LogP contribution >= 0.6 is 11.3 Å². The maximum absolute atomic E-state index is 13.4. The van der Waals surface area contributed by atoms with E-state index in [2.05, 4.69) is 23.3 Å². The second-order valence-electron chi connectivity index (χ2n) is 8.59. The van der Waals surface area contributed by atoms with Gasteiger partial charge in [0.15, 0.2) is 0 Å². The number of anilines is 1. The molecule has 1 saturated heterocycles. The SMILES string of the molecule is CCNC(=O)N(CCN(C)C)C(=O)[C@@H]1C[C@@H]2Cc3c(sc(N)c3C#N)C[C@H]2N(C)C1. The number of piperidine rings is 1. The van der Waals surface area contributed by atoms with Gasteiger partial charge in [0.1, 0.15) is 11.1 Å². The highest BCUT2D eigenvalue weighted by Crippen LogP contribution is 2.42. The molecule has 0 saturated carbocycles. The summed E-state index contributed by atoms with van der Waals surface area (Å²) in [7, 11) is 5.91. The fourth-order valence-corrected chi connectivity index (χ4v) is 5.83. The number of imide groups is 1. The number of urea groups is 1. The number of fused-ring (bicyclic) bond motifs is 2. The Balaban J connectivity index is 1.78. The van der Waals surface area contributed by atoms with Crippen molar-refractivity contribution in [3.63, 3.8) is 0 Å². The van der Waals surface area contributed by atoms with Crippen LogP contribution in [-0.4, -0.2) is 80.0 Å². The highest BCUT2D eigenvalue weighted by molar-refractivity contribution is 7.16. The second kappa shape index (κ2) is 9.33. The average molecular weight is 433 g/mol. The van der Waals surface area contributed by atoms with Crippen LogP contribution in [0.1, 0.15) is 29.3 Å². The van der Waals surface area contributed by atoms with Gasteiger partial charge in [0.25, 0.3) is 0 Å². The molecule has 1 fully saturated rings. The van der Waals surface area contributed by atoms with Gasteiger partial charge in [-0.25, -0.2) is 4.79 Å². The summed E-state index contributed by atoms with van der Waals surface area (Å²) >= 11 is 1.53. The van der Waals surface area contributed by atoms with E-state index in [1.165, 1.54) is 21.1 Å². The topological polar surface area (TPSA) is 106 Å². The van der Waals surface area contributed by atoms with Crippen molar-refractivity contribution in [2.24, 2.45) is 11.8 Å². The molecule has 0 aromatic carbocycles. The molecule has 0 radical (unpaired) electrons. The smallest absolute Gasteiger partial charge is 0.324 e. The number of thiophene rings is 1. The molecule has 1 aliphatic carbocycles. The summed E-state index contributed by atoms with van der Waals surface area (Å²) in [4.78, 5) is 32.7. The van der Waals surface area contributed by atoms with Crippen molar-refractivity contribution in [2.45, 2.75) is 32.2 Å². The lowest BCUT2D eigenvalue weighted by Gasteiger charge is -2.45. The van der Waals surface area contributed by atoms with Crippen LogP contribution in [-0.2, 0) is 17.6 Å². The molecule has 0 bridgehead atoms. The van der Waals surface area contributed by atoms with E-state index in [1.807, 2.05) is 25.9 Å². The summed E-state index contributed by atoms with van der Waals surface area (Å²) in [5, 5.41) is 12.9. The Morgan fingerprint density at radius 3 is 2.70 bits per heavy atom. The second-order valence-corrected chi connectivity index (χ2v) is 9.73. The normalized spacial score (nSPS) is 23.4. The molecule has 3 rings (SSSR count). The zero-order chi connectivity index (χ0) is 22.0. The van der Waals surface area contributed by atoms with Crippen molar-refractivity contribution in [3.05, 3.63) is 16.0 Å². The van der Waals surface area contributed by atoms with E-state index in [4.69, 9.17) is 5.73 Å². The zero-order valence-corrected chi connectivity index (χ0v) is 19.1. The Labute approximate surface area is 182 Å². The molecule has 9 heteroatoms. The van der Waals surface area contributed by atoms with Crippen LogP contribution in [0.2, 0.25) is 0 Å². The van der Waals surface area contributed by atoms with Crippen molar-refractivity contribution in [1.82, 2.24) is 20.0 Å². The maximum atomic E-state index is 13.4. The number of nitriles is 1. The fraction of sp³-hybridized carbons (Fsp3) is 0.667. The first kappa shape index (κ1) is 22.5. The molecule has 2 heterocycles. The van der Waals surface area contributed by atoms with Gasteiger partial charge in [-0.1, -0.05) is 0 Å². The van der Waals surface area contributed by atoms with Gasteiger partial charge >= 0.3 is 6.03 Å². The monoisotopic (exact) mass is 432 g/mol. The largest absolute Gasteiger partial charge is 0.389 e. The lowest BCUT2D eigenvalue weighted by molar-refractivity contribution is -0.136. The van der Waals surface area contributed by atoms with E-state index >= 15 is 0 Å². The molecule has 8 nitrogen and oxygen atoms in total. The number of likely N-dealkylation sites (tertiary alicyclic amines) is 1. The Morgan fingerprint density at radius 2 is 2.07 bits per heavy atom. The number of carbonyl (C=O) groups is 2. The lowest BCUT2D eigenvalue weighted by Crippen LogP contribution is -2.56. The molecule has 30 heavy (non-hydrogen) atoms. The van der Waals surface area contributed by atoms with Crippen LogP contribution in [0.3, 0.4) is 0 Å². The Bertz CT molecular complexity index is 845. The Kier molecular flexibility index (Phi) is 7.01. The van der Waals surface area contributed by atoms with Crippen molar-refractivity contribution < 1.29 is 9.59 Å². The van der Waals surface area contributed by atoms with Gasteiger partial charge in [-0.15, -0.1) is 11.3 Å². The number of nitrogens with one attached hydrogen (secondary N) is 1. The molecule has 3 amide bonds. The molecule has 3 atom stereocenters. The van der Waals surface area contributed by atoms with Crippen LogP contribution in [0, 0.1) is 23.2 Å². The summed E-state index contributed by atoms with van der Waals surface area (Å²) in [6.45, 7) is 3.97. The minimum absolute atomic E-state index is 0.107. The summed E-state index contributed by atoms with van der Waals surface area (Å²) in [6, 6.07) is 2.27. The van der Waals surface area contributed by atoms with Crippen molar-refractivity contribution in [1.29, 1.82) is 5.26 Å². The number of hydrogen-bond donors (Lipinski definition) is 2. The van der Waals surface area contributed by atoms with Crippen molar-refractivity contribution >= 4 is 28.3 Å². The minimum Gasteiger partial charge on any atom is -0.389 e. The average Bonchev–Trinajstić information content (AvgIpc) is 3.00. The number of rotatable bonds is 5. The van der Waals surface area contributed by atoms with E-state index in [0.29, 0.717) is 42.8 Å². The molecule has 0 unspecified atom stereocenters. The van der Waals surface area contributed by atoms with Gasteiger partial charge in [0, 0.05) is 37.1 Å². The lowest BCUT2D eigenvalue weighted by atomic mass is 9.74. The number of nitrogen functional groups attached to an aromatic ring is 1. The van der Waals surface area contributed by atoms with Gasteiger partial charge in [0.2, 0.25) is 5.91 Å². The highest BCUT2D eigenvalue weighted by atomic mass is 32.1. The van der Waals surface area contributed by atoms with Gasteiger partial charge in [0.05, 0.1) is 11.5 Å². The number of nitrogens with two attached hydrogens (primary N) is 1. The Morgan fingerprint density at radius 1 is 1.33 bits per heavy atom. The first-order chi connectivity index (χ1) is 14.3. The minimum atomic E-state index is -0.322. The zero-order valence-electron chi connectivity index (χ0n) is 18.3. The predicted molar refractivity (Wildman–Crippen MR) is 118 cm³/mol. The third-order valence-corrected chi connectivity index (χ3v) is 7.34. The molecule has 1 aromatic rings. The van der Waals surface area contributed by atoms with Gasteiger partial charge in [-0.2, -0.15) is 5.26 Å². The summed E-state index contributed by atoms with van der Waals surface area (Å²) in [5.74, 6) is -0.0652. The molecule has 1 aromatic heterocycles. The van der Waals surface area contributed by atoms with Crippen molar-refractivity contribution in [2.75, 3.05) is 53.1 Å². The third kappa shape index (κ3) is 4.46. The molecule has 2 aliphatic rings. The first-order valence-electron chi connectivity index (χ1n) is 10.5. The number of likely N-dealkylation sites (N-methyl/N-ethyl adjacent to an activating group) is 2. The molecule has 0 spiro atoms. The van der Waals surface area contributed by atoms with E-state index in [-0.39, 0.29) is 23.8 Å². The molecule has 3 N–H and O–H groups in total. The van der Waals surface area contributed by atoms with Gasteiger partial charge < -0.3 is 20.9 Å². The molecule has 164 valence electrons. The van der Waals surface area contributed by atoms with Crippen LogP contribution in [0.25, 0.3) is 0 Å². The van der Waals surface area contributed by atoms with Crippen LogP contribution in [0.4, 0.5) is 9.80 Å². The maximum Gasteiger partial charge on any atom is 0.324 e. The molecular formula is C21H32N6O2S. The number of amides is 3. The van der Waals surface area contributed by atoms with E-state index in [1.54, 1.807) is 0 Å². The summed E-state index contributed by atoms with van der Waals surface area (Å²) < 4.78 is 0. The number of hydrogen-bond acceptors (Lipinski definition) is 7. The van der Waals surface area contributed by atoms with Crippen LogP contribution in [0.5, 0.6) is 0 Å². The quantitative estimate of drug-likeness (QED) is 0.728. The summed E-state index contributed by atoms with van der Waals surface area (Å²) in [6.07, 6.45) is 2.37. The molecule has 1 aliphatic heterocycles. The van der Waals surface area contributed by atoms with Gasteiger partial charge in [-0.3, -0.25) is 9.69 Å². The standard InChI is InChI=1S/C21H32N6O2S/c1-5-24-21(29)27(7-6-25(2)3)20(28)14-8-13-9-15-16(11-22)19(23)30-18(15)10-17(13)26(4)12-14/h13-14,17H,5-10,12,23H2,1-4H3,(H,24,29)/t13-,14-,17-/m1/s1. The van der Waals surface area contributed by atoms with E-state index < -0.39 is 0 Å².